The summed E-state index contributed by atoms with van der Waals surface area (Å²) in [6.45, 7) is 6.80. The van der Waals surface area contributed by atoms with E-state index in [1.54, 1.807) is 12.3 Å². The molecule has 1 unspecified atom stereocenters. The molecule has 222 valence electrons. The maximum atomic E-state index is 13.6. The number of rotatable bonds is 4. The summed E-state index contributed by atoms with van der Waals surface area (Å²) < 4.78 is 32.9. The zero-order chi connectivity index (χ0) is 28.8. The van der Waals surface area contributed by atoms with Crippen molar-refractivity contribution in [2.45, 2.75) is 25.1 Å². The normalized spacial score (nSPS) is 26.0. The van der Waals surface area contributed by atoms with Gasteiger partial charge in [0.25, 0.3) is 6.43 Å². The number of fused-ring (bicyclic) bond motifs is 2. The molecule has 0 radical (unpaired) electrons. The average molecular weight is 581 g/mol. The molecular formula is C28H34F2N10O2. The standard InChI is InChI=1S/C28H34F2N10O2/c1-37-9-11-39(12-10-37)27(41)38-7-5-18(6-8-38)28(40-13-15-42-16-14-40)34-22(20-17-31-36-25(20)35-28)19-3-2-4-21-23(19)33-26(32-21)24(29)30/h2-4,17-18,24H,5-16H2,1H3,(H,32,33). The Hall–Kier alpha value is -3.62. The zero-order valence-electron chi connectivity index (χ0n) is 23.5. The summed E-state index contributed by atoms with van der Waals surface area (Å²) in [5.74, 6) is -0.914. The number of benzene rings is 1. The van der Waals surface area contributed by atoms with E-state index in [0.717, 1.165) is 26.2 Å². The number of azo groups is 1. The van der Waals surface area contributed by atoms with Crippen LogP contribution in [0, 0.1) is 5.92 Å². The highest BCUT2D eigenvalue weighted by molar-refractivity contribution is 6.33. The number of H-pyrrole nitrogens is 1. The van der Waals surface area contributed by atoms with Crippen LogP contribution >= 0.6 is 0 Å². The Morgan fingerprint density at radius 3 is 2.50 bits per heavy atom. The summed E-state index contributed by atoms with van der Waals surface area (Å²) in [5, 5.41) is 8.53. The van der Waals surface area contributed by atoms with E-state index in [1.807, 2.05) is 21.9 Å². The lowest BCUT2D eigenvalue weighted by Crippen LogP contribution is -2.60. The Bertz CT molecular complexity index is 1480. The van der Waals surface area contributed by atoms with Gasteiger partial charge >= 0.3 is 6.03 Å². The number of urea groups is 1. The largest absolute Gasteiger partial charge is 0.379 e. The number of nitrogens with one attached hydrogen (secondary N) is 1. The Morgan fingerprint density at radius 1 is 1.02 bits per heavy atom. The molecule has 1 aromatic carbocycles. The molecule has 1 aromatic heterocycles. The fraction of sp³-hybridized carbons (Fsp3) is 0.571. The third-order valence-corrected chi connectivity index (χ3v) is 8.94. The third kappa shape index (κ3) is 4.71. The van der Waals surface area contributed by atoms with Gasteiger partial charge in [0.2, 0.25) is 5.79 Å². The summed E-state index contributed by atoms with van der Waals surface area (Å²) in [5.41, 5.74) is 2.79. The number of alkyl halides is 2. The van der Waals surface area contributed by atoms with E-state index in [1.165, 1.54) is 0 Å². The van der Waals surface area contributed by atoms with Gasteiger partial charge in [-0.25, -0.2) is 28.5 Å². The number of morpholine rings is 1. The first-order valence-corrected chi connectivity index (χ1v) is 14.6. The molecule has 6 heterocycles. The molecule has 3 fully saturated rings. The van der Waals surface area contributed by atoms with Crippen LogP contribution in [0.5, 0.6) is 0 Å². The van der Waals surface area contributed by atoms with Crippen LogP contribution in [-0.2, 0) is 4.74 Å². The van der Waals surface area contributed by atoms with Crippen molar-refractivity contribution >= 4 is 28.6 Å². The number of ether oxygens (including phenoxy) is 1. The molecular weight excluding hydrogens is 546 g/mol. The highest BCUT2D eigenvalue weighted by Gasteiger charge is 2.50. The van der Waals surface area contributed by atoms with Crippen LogP contribution in [0.25, 0.3) is 11.0 Å². The third-order valence-electron chi connectivity index (χ3n) is 8.94. The van der Waals surface area contributed by atoms with Crippen molar-refractivity contribution < 1.29 is 18.3 Å². The van der Waals surface area contributed by atoms with E-state index < -0.39 is 12.2 Å². The van der Waals surface area contributed by atoms with Gasteiger partial charge in [-0.2, -0.15) is 5.11 Å². The quantitative estimate of drug-likeness (QED) is 0.597. The van der Waals surface area contributed by atoms with Gasteiger partial charge in [0.15, 0.2) is 11.7 Å². The number of imidazole rings is 1. The van der Waals surface area contributed by atoms with Crippen LogP contribution in [0.1, 0.15) is 30.7 Å². The maximum absolute atomic E-state index is 13.6. The second kappa shape index (κ2) is 10.9. The highest BCUT2D eigenvalue weighted by Crippen LogP contribution is 2.42. The number of likely N-dealkylation sites (tertiary alicyclic amines) is 1. The van der Waals surface area contributed by atoms with Crippen molar-refractivity contribution in [3.63, 3.8) is 0 Å². The van der Waals surface area contributed by atoms with E-state index in [2.05, 4.69) is 37.0 Å². The van der Waals surface area contributed by atoms with Crippen LogP contribution in [0.15, 0.2) is 50.2 Å². The van der Waals surface area contributed by atoms with Gasteiger partial charge in [-0.05, 0) is 26.0 Å². The van der Waals surface area contributed by atoms with Crippen LogP contribution < -0.4 is 0 Å². The number of carbonyl (C=O) groups is 1. The van der Waals surface area contributed by atoms with Crippen molar-refractivity contribution in [3.8, 4) is 0 Å². The van der Waals surface area contributed by atoms with E-state index in [9.17, 15) is 13.6 Å². The molecule has 5 aliphatic rings. The Morgan fingerprint density at radius 2 is 1.76 bits per heavy atom. The van der Waals surface area contributed by atoms with E-state index in [-0.39, 0.29) is 17.8 Å². The average Bonchev–Trinajstić information content (AvgIpc) is 3.69. The molecule has 0 bridgehead atoms. The van der Waals surface area contributed by atoms with E-state index in [0.29, 0.717) is 86.0 Å². The summed E-state index contributed by atoms with van der Waals surface area (Å²) in [4.78, 5) is 39.3. The summed E-state index contributed by atoms with van der Waals surface area (Å²) >= 11 is 0. The molecule has 42 heavy (non-hydrogen) atoms. The number of piperazine rings is 1. The van der Waals surface area contributed by atoms with Gasteiger partial charge in [0.05, 0.1) is 41.7 Å². The zero-order valence-corrected chi connectivity index (χ0v) is 23.5. The number of hydrogen-bond acceptors (Lipinski definition) is 9. The molecule has 0 aliphatic carbocycles. The number of likely N-dealkylation sites (N-methyl/N-ethyl adjacent to an activating group) is 1. The van der Waals surface area contributed by atoms with Crippen molar-refractivity contribution in [1.29, 1.82) is 0 Å². The monoisotopic (exact) mass is 580 g/mol. The van der Waals surface area contributed by atoms with Gasteiger partial charge in [-0.15, -0.1) is 5.11 Å². The minimum absolute atomic E-state index is 0.0120. The number of carbonyl (C=O) groups excluding carboxylic acids is 1. The van der Waals surface area contributed by atoms with Crippen molar-refractivity contribution in [3.05, 3.63) is 41.4 Å². The summed E-state index contributed by atoms with van der Waals surface area (Å²) in [7, 11) is 2.08. The number of aliphatic imine (C=N–C) groups is 2. The minimum atomic E-state index is -2.72. The van der Waals surface area contributed by atoms with Crippen LogP contribution in [0.4, 0.5) is 13.6 Å². The number of hydrogen-bond donors (Lipinski definition) is 1. The summed E-state index contributed by atoms with van der Waals surface area (Å²) in [6, 6.07) is 5.48. The first-order valence-electron chi connectivity index (χ1n) is 14.6. The van der Waals surface area contributed by atoms with Crippen LogP contribution in [0.3, 0.4) is 0 Å². The maximum Gasteiger partial charge on any atom is 0.320 e. The smallest absolute Gasteiger partial charge is 0.320 e. The second-order valence-electron chi connectivity index (χ2n) is 11.4. The van der Waals surface area contributed by atoms with Gasteiger partial charge in [0.1, 0.15) is 0 Å². The lowest BCUT2D eigenvalue weighted by atomic mass is 9.86. The molecule has 2 aromatic rings. The number of para-hydroxylation sites is 1. The fourth-order valence-corrected chi connectivity index (χ4v) is 6.59. The highest BCUT2D eigenvalue weighted by atomic mass is 19.3. The number of piperidine rings is 1. The van der Waals surface area contributed by atoms with Gasteiger partial charge < -0.3 is 24.4 Å². The fourth-order valence-electron chi connectivity index (χ4n) is 6.59. The number of amidine groups is 1. The van der Waals surface area contributed by atoms with Crippen molar-refractivity contribution in [2.75, 3.05) is 72.6 Å². The molecule has 1 N–H and O–H groups in total. The number of amides is 2. The van der Waals surface area contributed by atoms with Gasteiger partial charge in [-0.3, -0.25) is 4.90 Å². The van der Waals surface area contributed by atoms with Gasteiger partial charge in [-0.1, -0.05) is 12.1 Å². The predicted molar refractivity (Wildman–Crippen MR) is 152 cm³/mol. The minimum Gasteiger partial charge on any atom is -0.379 e. The number of halogens is 2. The SMILES string of the molecule is CN1CCN(C(=O)N2CCC(C3(N4CCOCC4)N=C4N=NC=C4C(c4cccc5[nH]c(C(F)F)nc45)=N3)CC2)CC1. The molecule has 3 saturated heterocycles. The van der Waals surface area contributed by atoms with Crippen molar-refractivity contribution in [1.82, 2.24) is 29.6 Å². The lowest BCUT2D eigenvalue weighted by Gasteiger charge is -2.49. The Balaban J connectivity index is 1.25. The van der Waals surface area contributed by atoms with E-state index in [4.69, 9.17) is 14.7 Å². The molecule has 1 atom stereocenters. The first kappa shape index (κ1) is 27.2. The lowest BCUT2D eigenvalue weighted by molar-refractivity contribution is -0.0509. The van der Waals surface area contributed by atoms with Crippen LogP contribution in [0.2, 0.25) is 0 Å². The second-order valence-corrected chi connectivity index (χ2v) is 11.4. The van der Waals surface area contributed by atoms with E-state index >= 15 is 0 Å². The van der Waals surface area contributed by atoms with Crippen molar-refractivity contribution in [2.24, 2.45) is 26.1 Å². The molecule has 14 heteroatoms. The summed E-state index contributed by atoms with van der Waals surface area (Å²) in [6.07, 6.45) is 0.320. The number of nitrogens with zero attached hydrogens (tertiary/aromatic N) is 9. The Labute approximate surface area is 241 Å². The van der Waals surface area contributed by atoms with Gasteiger partial charge in [0, 0.05) is 63.8 Å². The number of aromatic amines is 1. The molecule has 2 amide bonds. The molecule has 7 rings (SSSR count). The number of aromatic nitrogens is 2. The Kier molecular flexibility index (Phi) is 7.06. The topological polar surface area (TPSA) is 117 Å². The molecule has 0 spiro atoms. The van der Waals surface area contributed by atoms with Crippen LogP contribution in [-0.4, -0.2) is 126 Å². The first-order chi connectivity index (χ1) is 20.4. The molecule has 12 nitrogen and oxygen atoms in total. The predicted octanol–water partition coefficient (Wildman–Crippen LogP) is 3.12. The molecule has 5 aliphatic heterocycles. The molecule has 0 saturated carbocycles.